The van der Waals surface area contributed by atoms with Crippen molar-refractivity contribution in [2.24, 2.45) is 0 Å². The summed E-state index contributed by atoms with van der Waals surface area (Å²) in [6.45, 7) is 8.28. The van der Waals surface area contributed by atoms with Crippen LogP contribution in [0.5, 0.6) is 11.5 Å². The van der Waals surface area contributed by atoms with E-state index in [0.717, 1.165) is 9.94 Å². The van der Waals surface area contributed by atoms with Crippen LogP contribution in [0.1, 0.15) is 27.7 Å². The summed E-state index contributed by atoms with van der Waals surface area (Å²) in [5.41, 5.74) is -0.159. The molecule has 0 N–H and O–H groups in total. The molecule has 1 saturated heterocycles. The lowest BCUT2D eigenvalue weighted by Crippen LogP contribution is -2.41. The van der Waals surface area contributed by atoms with Gasteiger partial charge in [-0.05, 0) is 55.8 Å². The quantitative estimate of drug-likeness (QED) is 0.516. The van der Waals surface area contributed by atoms with E-state index >= 15 is 0 Å². The van der Waals surface area contributed by atoms with E-state index in [1.54, 1.807) is 14.2 Å². The summed E-state index contributed by atoms with van der Waals surface area (Å²) >= 11 is 3.47. The second-order valence-corrected chi connectivity index (χ2v) is 7.36. The fourth-order valence-corrected chi connectivity index (χ4v) is 2.62. The molecule has 0 amide bonds. The first kappa shape index (κ1) is 19.5. The van der Waals surface area contributed by atoms with E-state index in [2.05, 4.69) is 15.9 Å². The molecule has 0 atom stereocenters. The second kappa shape index (κ2) is 7.62. The molecule has 134 valence electrons. The number of hydrogen-bond donors (Lipinski definition) is 0. The Hall–Kier alpha value is -0.795. The Morgan fingerprint density at radius 1 is 0.917 bits per heavy atom. The van der Waals surface area contributed by atoms with Gasteiger partial charge in [0.1, 0.15) is 11.5 Å². The van der Waals surface area contributed by atoms with Gasteiger partial charge in [0, 0.05) is 19.7 Å². The first-order valence-electron chi connectivity index (χ1n) is 7.64. The maximum absolute atomic E-state index is 6.12. The van der Waals surface area contributed by atoms with E-state index in [0.29, 0.717) is 11.5 Å². The minimum atomic E-state index is -0.570. The number of halogens is 1. The van der Waals surface area contributed by atoms with Gasteiger partial charge in [-0.3, -0.25) is 0 Å². The van der Waals surface area contributed by atoms with E-state index in [1.807, 2.05) is 39.8 Å². The second-order valence-electron chi connectivity index (χ2n) is 6.51. The predicted molar refractivity (Wildman–Crippen MR) is 94.9 cm³/mol. The summed E-state index contributed by atoms with van der Waals surface area (Å²) in [7, 11) is 2.57. The van der Waals surface area contributed by atoms with Crippen LogP contribution in [0, 0.1) is 0 Å². The Balaban J connectivity index is 2.38. The molecular weight excluding hydrogens is 379 g/mol. The zero-order chi connectivity index (χ0) is 18.0. The van der Waals surface area contributed by atoms with Gasteiger partial charge in [0.05, 0.1) is 15.7 Å². The van der Waals surface area contributed by atoms with Crippen molar-refractivity contribution in [3.05, 3.63) is 16.6 Å². The van der Waals surface area contributed by atoms with Gasteiger partial charge in [-0.2, -0.15) is 0 Å². The van der Waals surface area contributed by atoms with Crippen LogP contribution in [0.15, 0.2) is 16.6 Å². The van der Waals surface area contributed by atoms with Crippen LogP contribution in [-0.2, 0) is 18.8 Å². The summed E-state index contributed by atoms with van der Waals surface area (Å²) in [6.07, 6.45) is 0. The van der Waals surface area contributed by atoms with E-state index in [1.165, 1.54) is 0 Å². The maximum Gasteiger partial charge on any atom is 0.498 e. The molecule has 0 radical (unpaired) electrons. The van der Waals surface area contributed by atoms with Gasteiger partial charge in [-0.1, -0.05) is 0 Å². The molecule has 0 saturated carbocycles. The van der Waals surface area contributed by atoms with Crippen LogP contribution in [0.25, 0.3) is 0 Å². The fraction of sp³-hybridized carbons (Fsp3) is 0.625. The first-order chi connectivity index (χ1) is 11.2. The van der Waals surface area contributed by atoms with Gasteiger partial charge in [-0.15, -0.1) is 0 Å². The van der Waals surface area contributed by atoms with Crippen molar-refractivity contribution in [2.75, 3.05) is 27.8 Å². The Bertz CT molecular complexity index is 562. The standard InChI is InChI=1S/C16H24BBrO6/c1-15(2)16(3,4)24-17(23-15)11-7-14(22-10-20-6)12(18)8-13(11)21-9-19-5/h7-8H,9-10H2,1-6H3. The van der Waals surface area contributed by atoms with E-state index in [-0.39, 0.29) is 13.6 Å². The topological polar surface area (TPSA) is 55.4 Å². The maximum atomic E-state index is 6.12. The molecule has 0 spiro atoms. The summed E-state index contributed by atoms with van der Waals surface area (Å²) < 4.78 is 34.2. The van der Waals surface area contributed by atoms with Crippen molar-refractivity contribution in [1.82, 2.24) is 0 Å². The summed E-state index contributed by atoms with van der Waals surface area (Å²) in [4.78, 5) is 0. The SMILES string of the molecule is COCOc1cc(B2OC(C)(C)C(C)(C)O2)c(OCOC)cc1Br. The molecule has 1 aliphatic rings. The number of benzene rings is 1. The summed E-state index contributed by atoms with van der Waals surface area (Å²) in [5, 5.41) is 0. The highest BCUT2D eigenvalue weighted by molar-refractivity contribution is 9.10. The molecule has 6 nitrogen and oxygen atoms in total. The van der Waals surface area contributed by atoms with Crippen LogP contribution >= 0.6 is 15.9 Å². The molecule has 1 aliphatic heterocycles. The average Bonchev–Trinajstić information content (AvgIpc) is 2.72. The molecule has 0 aliphatic carbocycles. The third kappa shape index (κ3) is 4.05. The number of rotatable bonds is 7. The van der Waals surface area contributed by atoms with Crippen molar-refractivity contribution in [1.29, 1.82) is 0 Å². The number of hydrogen-bond acceptors (Lipinski definition) is 6. The molecule has 1 fully saturated rings. The molecular formula is C16H24BBrO6. The lowest BCUT2D eigenvalue weighted by atomic mass is 9.78. The third-order valence-corrected chi connectivity index (χ3v) is 4.86. The Morgan fingerprint density at radius 2 is 1.42 bits per heavy atom. The van der Waals surface area contributed by atoms with Gasteiger partial charge in [0.2, 0.25) is 0 Å². The van der Waals surface area contributed by atoms with Crippen molar-refractivity contribution in [3.63, 3.8) is 0 Å². The minimum absolute atomic E-state index is 0.122. The average molecular weight is 403 g/mol. The molecule has 2 rings (SSSR count). The number of methoxy groups -OCH3 is 2. The van der Waals surface area contributed by atoms with Crippen molar-refractivity contribution in [2.45, 2.75) is 38.9 Å². The highest BCUT2D eigenvalue weighted by Gasteiger charge is 2.52. The molecule has 1 aromatic carbocycles. The van der Waals surface area contributed by atoms with E-state index in [4.69, 9.17) is 28.3 Å². The molecule has 0 bridgehead atoms. The van der Waals surface area contributed by atoms with Crippen LogP contribution in [0.4, 0.5) is 0 Å². The zero-order valence-corrected chi connectivity index (χ0v) is 16.6. The lowest BCUT2D eigenvalue weighted by molar-refractivity contribution is 0.00578. The summed E-state index contributed by atoms with van der Waals surface area (Å²) in [5.74, 6) is 1.22. The van der Waals surface area contributed by atoms with Gasteiger partial charge in [0.25, 0.3) is 0 Å². The molecule has 0 unspecified atom stereocenters. The zero-order valence-electron chi connectivity index (χ0n) is 15.0. The van der Waals surface area contributed by atoms with Crippen molar-refractivity contribution in [3.8, 4) is 11.5 Å². The molecule has 24 heavy (non-hydrogen) atoms. The van der Waals surface area contributed by atoms with Crippen LogP contribution < -0.4 is 14.9 Å². The Morgan fingerprint density at radius 3 is 1.92 bits per heavy atom. The highest BCUT2D eigenvalue weighted by atomic mass is 79.9. The third-order valence-electron chi connectivity index (χ3n) is 4.24. The minimum Gasteiger partial charge on any atom is -0.468 e. The number of ether oxygens (including phenoxy) is 4. The van der Waals surface area contributed by atoms with Crippen molar-refractivity contribution < 1.29 is 28.3 Å². The predicted octanol–water partition coefficient (Wildman–Crippen LogP) is 2.71. The largest absolute Gasteiger partial charge is 0.498 e. The van der Waals surface area contributed by atoms with Gasteiger partial charge in [0.15, 0.2) is 13.6 Å². The van der Waals surface area contributed by atoms with Gasteiger partial charge >= 0.3 is 7.12 Å². The molecule has 0 aromatic heterocycles. The fourth-order valence-electron chi connectivity index (χ4n) is 2.19. The van der Waals surface area contributed by atoms with E-state index in [9.17, 15) is 0 Å². The van der Waals surface area contributed by atoms with Gasteiger partial charge in [-0.25, -0.2) is 0 Å². The van der Waals surface area contributed by atoms with Crippen LogP contribution in [0.3, 0.4) is 0 Å². The monoisotopic (exact) mass is 402 g/mol. The normalized spacial score (nSPS) is 18.7. The Kier molecular flexibility index (Phi) is 6.20. The molecule has 8 heteroatoms. The van der Waals surface area contributed by atoms with Gasteiger partial charge < -0.3 is 28.3 Å². The Labute approximate surface area is 152 Å². The highest BCUT2D eigenvalue weighted by Crippen LogP contribution is 2.38. The summed E-state index contributed by atoms with van der Waals surface area (Å²) in [6, 6.07) is 3.64. The molecule has 1 heterocycles. The first-order valence-corrected chi connectivity index (χ1v) is 8.43. The van der Waals surface area contributed by atoms with Crippen molar-refractivity contribution >= 4 is 28.5 Å². The van der Waals surface area contributed by atoms with Crippen LogP contribution in [0.2, 0.25) is 0 Å². The lowest BCUT2D eigenvalue weighted by Gasteiger charge is -2.32. The smallest absolute Gasteiger partial charge is 0.468 e. The molecule has 1 aromatic rings. The van der Waals surface area contributed by atoms with Crippen LogP contribution in [-0.4, -0.2) is 46.1 Å². The van der Waals surface area contributed by atoms with E-state index < -0.39 is 18.3 Å².